The second kappa shape index (κ2) is 7.16. The molecule has 1 aromatic rings. The summed E-state index contributed by atoms with van der Waals surface area (Å²) in [6.45, 7) is 0. The fraction of sp³-hybridized carbons (Fsp3) is 0.625. The van der Waals surface area contributed by atoms with Crippen LogP contribution in [0.4, 0.5) is 0 Å². The Morgan fingerprint density at radius 2 is 2.00 bits per heavy atom. The molecule has 21 heavy (non-hydrogen) atoms. The van der Waals surface area contributed by atoms with Crippen LogP contribution in [0.1, 0.15) is 37.3 Å². The van der Waals surface area contributed by atoms with Crippen molar-refractivity contribution in [3.05, 3.63) is 29.8 Å². The smallest absolute Gasteiger partial charge is 0.150 e. The Hall–Kier alpha value is -0.520. The second-order valence-electron chi connectivity index (χ2n) is 5.89. The quantitative estimate of drug-likeness (QED) is 0.843. The highest BCUT2D eigenvalue weighted by Crippen LogP contribution is 2.39. The SMILES string of the molecule is CNC(c1ccccc1SC)C1CCCC(S(C)(=O)=O)C1. The molecule has 1 aromatic carbocycles. The molecule has 0 aliphatic heterocycles. The summed E-state index contributed by atoms with van der Waals surface area (Å²) in [5, 5.41) is 3.25. The lowest BCUT2D eigenvalue weighted by atomic mass is 9.81. The van der Waals surface area contributed by atoms with Gasteiger partial charge in [-0.1, -0.05) is 24.6 Å². The predicted molar refractivity (Wildman–Crippen MR) is 90.6 cm³/mol. The number of hydrogen-bond donors (Lipinski definition) is 1. The van der Waals surface area contributed by atoms with Crippen molar-refractivity contribution in [2.24, 2.45) is 5.92 Å². The molecule has 3 atom stereocenters. The van der Waals surface area contributed by atoms with Crippen LogP contribution in [0.15, 0.2) is 29.2 Å². The Morgan fingerprint density at radius 1 is 1.29 bits per heavy atom. The minimum absolute atomic E-state index is 0.173. The molecular formula is C16H25NO2S2. The van der Waals surface area contributed by atoms with Crippen molar-refractivity contribution >= 4 is 21.6 Å². The van der Waals surface area contributed by atoms with E-state index in [1.807, 2.05) is 7.05 Å². The van der Waals surface area contributed by atoms with Crippen LogP contribution in [-0.2, 0) is 9.84 Å². The molecule has 0 saturated heterocycles. The van der Waals surface area contributed by atoms with Crippen molar-refractivity contribution < 1.29 is 8.42 Å². The molecule has 3 unspecified atom stereocenters. The Morgan fingerprint density at radius 3 is 2.62 bits per heavy atom. The first-order valence-corrected chi connectivity index (χ1v) is 10.6. The molecule has 1 N–H and O–H groups in total. The first kappa shape index (κ1) is 16.8. The summed E-state index contributed by atoms with van der Waals surface area (Å²) in [6, 6.07) is 8.66. The van der Waals surface area contributed by atoms with E-state index >= 15 is 0 Å². The Bertz CT molecular complexity index is 571. The maximum Gasteiger partial charge on any atom is 0.150 e. The van der Waals surface area contributed by atoms with Gasteiger partial charge in [0.1, 0.15) is 9.84 Å². The molecule has 1 saturated carbocycles. The van der Waals surface area contributed by atoms with Gasteiger partial charge in [0.15, 0.2) is 0 Å². The second-order valence-corrected chi connectivity index (χ2v) is 9.06. The van der Waals surface area contributed by atoms with Crippen molar-refractivity contribution in [2.45, 2.75) is 41.9 Å². The van der Waals surface area contributed by atoms with Crippen LogP contribution < -0.4 is 5.32 Å². The molecule has 3 nitrogen and oxygen atoms in total. The van der Waals surface area contributed by atoms with Crippen molar-refractivity contribution in [3.8, 4) is 0 Å². The van der Waals surface area contributed by atoms with E-state index in [0.29, 0.717) is 5.92 Å². The average molecular weight is 328 g/mol. The number of nitrogens with one attached hydrogen (secondary N) is 1. The highest BCUT2D eigenvalue weighted by Gasteiger charge is 2.33. The average Bonchev–Trinajstić information content (AvgIpc) is 2.48. The Labute approximate surface area is 132 Å². The first-order valence-electron chi connectivity index (χ1n) is 7.46. The number of thioether (sulfide) groups is 1. The van der Waals surface area contributed by atoms with E-state index in [0.717, 1.165) is 25.7 Å². The molecule has 1 aliphatic rings. The van der Waals surface area contributed by atoms with Crippen molar-refractivity contribution in [1.29, 1.82) is 0 Å². The standard InChI is InChI=1S/C16H25NO2S2/c1-17-16(14-9-4-5-10-15(14)20-2)12-7-6-8-13(11-12)21(3,18)19/h4-5,9-10,12-13,16-17H,6-8,11H2,1-3H3. The largest absolute Gasteiger partial charge is 0.313 e. The highest BCUT2D eigenvalue weighted by atomic mass is 32.2. The molecular weight excluding hydrogens is 302 g/mol. The van der Waals surface area contributed by atoms with E-state index in [2.05, 4.69) is 35.8 Å². The predicted octanol–water partition coefficient (Wildman–Crippen LogP) is 3.27. The number of hydrogen-bond acceptors (Lipinski definition) is 4. The lowest BCUT2D eigenvalue weighted by Gasteiger charge is -2.34. The summed E-state index contributed by atoms with van der Waals surface area (Å²) in [7, 11) is -0.953. The molecule has 0 amide bonds. The van der Waals surface area contributed by atoms with E-state index in [1.54, 1.807) is 11.8 Å². The fourth-order valence-electron chi connectivity index (χ4n) is 3.44. The maximum atomic E-state index is 11.9. The summed E-state index contributed by atoms with van der Waals surface area (Å²) in [5.74, 6) is 0.386. The summed E-state index contributed by atoms with van der Waals surface area (Å²) in [4.78, 5) is 1.28. The molecule has 5 heteroatoms. The van der Waals surface area contributed by atoms with Crippen LogP contribution in [-0.4, -0.2) is 33.2 Å². The van der Waals surface area contributed by atoms with Gasteiger partial charge in [-0.05, 0) is 50.1 Å². The van der Waals surface area contributed by atoms with Gasteiger partial charge >= 0.3 is 0 Å². The monoisotopic (exact) mass is 327 g/mol. The van der Waals surface area contributed by atoms with Crippen LogP contribution in [0.2, 0.25) is 0 Å². The van der Waals surface area contributed by atoms with Crippen molar-refractivity contribution in [3.63, 3.8) is 0 Å². The Balaban J connectivity index is 2.25. The van der Waals surface area contributed by atoms with Crippen LogP contribution in [0, 0.1) is 5.92 Å². The number of rotatable bonds is 5. The van der Waals surface area contributed by atoms with Gasteiger partial charge in [-0.15, -0.1) is 11.8 Å². The normalized spacial score (nSPS) is 24.7. The van der Waals surface area contributed by atoms with Crippen LogP contribution in [0.25, 0.3) is 0 Å². The van der Waals surface area contributed by atoms with Crippen LogP contribution >= 0.6 is 11.8 Å². The van der Waals surface area contributed by atoms with Gasteiger partial charge < -0.3 is 5.32 Å². The van der Waals surface area contributed by atoms with Crippen molar-refractivity contribution in [2.75, 3.05) is 19.6 Å². The van der Waals surface area contributed by atoms with E-state index in [-0.39, 0.29) is 11.3 Å². The van der Waals surface area contributed by atoms with Gasteiger partial charge in [-0.25, -0.2) is 8.42 Å². The number of benzene rings is 1. The summed E-state index contributed by atoms with van der Waals surface area (Å²) in [5.41, 5.74) is 1.30. The van der Waals surface area contributed by atoms with Gasteiger partial charge in [-0.3, -0.25) is 0 Å². The molecule has 0 aromatic heterocycles. The molecule has 0 heterocycles. The van der Waals surface area contributed by atoms with E-state index in [1.165, 1.54) is 16.7 Å². The Kier molecular flexibility index (Phi) is 5.74. The third-order valence-corrected chi connectivity index (χ3v) is 6.98. The van der Waals surface area contributed by atoms with Gasteiger partial charge in [-0.2, -0.15) is 0 Å². The van der Waals surface area contributed by atoms with Gasteiger partial charge in [0.05, 0.1) is 5.25 Å². The van der Waals surface area contributed by atoms with E-state index < -0.39 is 9.84 Å². The topological polar surface area (TPSA) is 46.2 Å². The summed E-state index contributed by atoms with van der Waals surface area (Å²) < 4.78 is 23.8. The van der Waals surface area contributed by atoms with Gasteiger partial charge in [0.25, 0.3) is 0 Å². The lowest BCUT2D eigenvalue weighted by molar-refractivity contribution is 0.280. The molecule has 1 aliphatic carbocycles. The summed E-state index contributed by atoms with van der Waals surface area (Å²) in [6.07, 6.45) is 7.15. The first-order chi connectivity index (χ1) is 9.97. The van der Waals surface area contributed by atoms with Gasteiger partial charge in [0, 0.05) is 17.2 Å². The molecule has 0 bridgehead atoms. The third-order valence-electron chi connectivity index (χ3n) is 4.53. The zero-order valence-corrected chi connectivity index (χ0v) is 14.6. The maximum absolute atomic E-state index is 11.9. The molecule has 0 radical (unpaired) electrons. The van der Waals surface area contributed by atoms with E-state index in [9.17, 15) is 8.42 Å². The number of sulfone groups is 1. The van der Waals surface area contributed by atoms with Gasteiger partial charge in [0.2, 0.25) is 0 Å². The highest BCUT2D eigenvalue weighted by molar-refractivity contribution is 7.98. The molecule has 0 spiro atoms. The summed E-state index contributed by atoms with van der Waals surface area (Å²) >= 11 is 1.75. The molecule has 1 fully saturated rings. The fourth-order valence-corrected chi connectivity index (χ4v) is 5.28. The minimum Gasteiger partial charge on any atom is -0.313 e. The zero-order valence-electron chi connectivity index (χ0n) is 13.0. The lowest BCUT2D eigenvalue weighted by Crippen LogP contribution is -2.34. The molecule has 2 rings (SSSR count). The zero-order chi connectivity index (χ0) is 15.5. The van der Waals surface area contributed by atoms with Crippen LogP contribution in [0.3, 0.4) is 0 Å². The molecule has 118 valence electrons. The third kappa shape index (κ3) is 4.02. The van der Waals surface area contributed by atoms with Crippen LogP contribution in [0.5, 0.6) is 0 Å². The van der Waals surface area contributed by atoms with Crippen molar-refractivity contribution in [1.82, 2.24) is 5.32 Å². The minimum atomic E-state index is -2.93. The van der Waals surface area contributed by atoms with E-state index in [4.69, 9.17) is 0 Å².